The highest BCUT2D eigenvalue weighted by atomic mass is 35.5. The number of hydrogen-bond acceptors (Lipinski definition) is 8. The van der Waals surface area contributed by atoms with E-state index >= 15 is 0 Å². The van der Waals surface area contributed by atoms with Crippen molar-refractivity contribution in [3.8, 4) is 17.6 Å². The van der Waals surface area contributed by atoms with Gasteiger partial charge in [-0.25, -0.2) is 4.79 Å². The molecule has 0 atom stereocenters. The summed E-state index contributed by atoms with van der Waals surface area (Å²) in [6.07, 6.45) is 4.72. The number of ether oxygens (including phenoxy) is 3. The summed E-state index contributed by atoms with van der Waals surface area (Å²) >= 11 is 6.58. The molecule has 41 heavy (non-hydrogen) atoms. The lowest BCUT2D eigenvalue weighted by Gasteiger charge is -2.51. The Morgan fingerprint density at radius 3 is 2.71 bits per heavy atom. The van der Waals surface area contributed by atoms with E-state index in [1.54, 1.807) is 47.4 Å². The smallest absolute Gasteiger partial charge is 0.415 e. The van der Waals surface area contributed by atoms with Gasteiger partial charge in [0.25, 0.3) is 0 Å². The Labute approximate surface area is 243 Å². The molecule has 1 spiro atoms. The van der Waals surface area contributed by atoms with Gasteiger partial charge in [0.15, 0.2) is 0 Å². The minimum absolute atomic E-state index is 0.162. The summed E-state index contributed by atoms with van der Waals surface area (Å²) < 4.78 is 16.9. The standard InChI is InChI=1S/C31H30ClN5O4/c1-4-20(2)28(34-3)17-40-22-6-8-26(25(32)13-22)36-29-21(15-33)16-35-27-14-23(5-7-24(27)29)41-30(38)37-18-31(19-37)9-11-39-12-10-31/h4-8,13-14,16H,1,3,9-12,17-19H2,2H3,(H,35,36)/b28-20-. The number of aliphatic imine (C=N–C) groups is 1. The number of allylic oxidation sites excluding steroid dienone is 2. The number of carbonyl (C=O) groups is 1. The minimum Gasteiger partial charge on any atom is -0.487 e. The Kier molecular flexibility index (Phi) is 8.24. The Morgan fingerprint density at radius 2 is 2.02 bits per heavy atom. The summed E-state index contributed by atoms with van der Waals surface area (Å²) in [6.45, 7) is 12.3. The van der Waals surface area contributed by atoms with Gasteiger partial charge in [0.05, 0.1) is 33.2 Å². The predicted octanol–water partition coefficient (Wildman–Crippen LogP) is 6.65. The van der Waals surface area contributed by atoms with Gasteiger partial charge in [0.1, 0.15) is 24.2 Å². The maximum Gasteiger partial charge on any atom is 0.415 e. The third-order valence-electron chi connectivity index (χ3n) is 7.56. The van der Waals surface area contributed by atoms with E-state index in [0.717, 1.165) is 31.6 Å². The third kappa shape index (κ3) is 6.04. The number of anilines is 2. The van der Waals surface area contributed by atoms with E-state index in [0.29, 0.717) is 63.1 Å². The zero-order valence-corrected chi connectivity index (χ0v) is 23.5. The van der Waals surface area contributed by atoms with E-state index in [1.807, 2.05) is 6.92 Å². The number of hydrogen-bond donors (Lipinski definition) is 1. The van der Waals surface area contributed by atoms with Crippen molar-refractivity contribution in [3.63, 3.8) is 0 Å². The number of likely N-dealkylation sites (tertiary alicyclic amines) is 1. The average Bonchev–Trinajstić information content (AvgIpc) is 2.97. The van der Waals surface area contributed by atoms with E-state index in [2.05, 4.69) is 34.7 Å². The van der Waals surface area contributed by atoms with E-state index in [1.165, 1.54) is 6.20 Å². The largest absolute Gasteiger partial charge is 0.487 e. The van der Waals surface area contributed by atoms with Crippen LogP contribution in [-0.2, 0) is 4.74 Å². The molecule has 3 aromatic rings. The van der Waals surface area contributed by atoms with Crippen LogP contribution in [0.5, 0.6) is 11.5 Å². The Bertz CT molecular complexity index is 1580. The van der Waals surface area contributed by atoms with Crippen molar-refractivity contribution in [2.45, 2.75) is 19.8 Å². The summed E-state index contributed by atoms with van der Waals surface area (Å²) in [5, 5.41) is 14.1. The molecule has 2 aliphatic heterocycles. The maximum absolute atomic E-state index is 12.7. The number of nitrogens with one attached hydrogen (secondary N) is 1. The lowest BCUT2D eigenvalue weighted by Crippen LogP contribution is -2.60. The molecule has 2 saturated heterocycles. The number of benzene rings is 2. The van der Waals surface area contributed by atoms with E-state index in [4.69, 9.17) is 25.8 Å². The maximum atomic E-state index is 12.7. The molecule has 3 heterocycles. The van der Waals surface area contributed by atoms with Crippen molar-refractivity contribution in [1.82, 2.24) is 9.88 Å². The number of pyridine rings is 1. The van der Waals surface area contributed by atoms with Crippen molar-refractivity contribution in [2.24, 2.45) is 10.4 Å². The van der Waals surface area contributed by atoms with Crippen LogP contribution >= 0.6 is 11.6 Å². The normalized spacial score (nSPS) is 16.3. The Balaban J connectivity index is 1.31. The van der Waals surface area contributed by atoms with Gasteiger partial charge < -0.3 is 24.4 Å². The minimum atomic E-state index is -0.381. The molecule has 10 heteroatoms. The number of fused-ring (bicyclic) bond motifs is 1. The highest BCUT2D eigenvalue weighted by molar-refractivity contribution is 6.33. The molecule has 1 amide bonds. The average molecular weight is 572 g/mol. The monoisotopic (exact) mass is 571 g/mol. The van der Waals surface area contributed by atoms with Gasteiger partial charge in [0.2, 0.25) is 0 Å². The Hall–Kier alpha value is -4.39. The number of nitriles is 1. The van der Waals surface area contributed by atoms with Crippen molar-refractivity contribution < 1.29 is 19.0 Å². The number of halogens is 1. The van der Waals surface area contributed by atoms with Gasteiger partial charge in [0, 0.05) is 55.4 Å². The summed E-state index contributed by atoms with van der Waals surface area (Å²) in [5.74, 6) is 0.933. The second kappa shape index (κ2) is 12.0. The van der Waals surface area contributed by atoms with Crippen LogP contribution in [0, 0.1) is 16.7 Å². The topological polar surface area (TPSA) is 109 Å². The summed E-state index contributed by atoms with van der Waals surface area (Å²) in [7, 11) is 0. The first-order valence-corrected chi connectivity index (χ1v) is 13.6. The van der Waals surface area contributed by atoms with Gasteiger partial charge in [-0.3, -0.25) is 9.98 Å². The number of nitrogens with zero attached hydrogens (tertiary/aromatic N) is 4. The molecule has 1 N–H and O–H groups in total. The molecule has 2 aromatic carbocycles. The summed E-state index contributed by atoms with van der Waals surface area (Å²) in [4.78, 5) is 22.9. The molecule has 5 rings (SSSR count). The number of rotatable bonds is 8. The van der Waals surface area contributed by atoms with Crippen LogP contribution in [-0.4, -0.2) is 55.6 Å². The number of aromatic nitrogens is 1. The van der Waals surface area contributed by atoms with Gasteiger partial charge >= 0.3 is 6.09 Å². The Morgan fingerprint density at radius 1 is 1.27 bits per heavy atom. The molecule has 2 aliphatic rings. The van der Waals surface area contributed by atoms with Crippen LogP contribution in [0.1, 0.15) is 25.3 Å². The molecular formula is C31H30ClN5O4. The summed E-state index contributed by atoms with van der Waals surface area (Å²) in [6, 6.07) is 12.5. The fourth-order valence-electron chi connectivity index (χ4n) is 5.01. The second-order valence-corrected chi connectivity index (χ2v) is 10.6. The van der Waals surface area contributed by atoms with Crippen LogP contribution in [0.25, 0.3) is 10.9 Å². The zero-order valence-electron chi connectivity index (χ0n) is 22.8. The molecule has 0 bridgehead atoms. The third-order valence-corrected chi connectivity index (χ3v) is 7.87. The van der Waals surface area contributed by atoms with Crippen LogP contribution < -0.4 is 14.8 Å². The van der Waals surface area contributed by atoms with Crippen molar-refractivity contribution in [1.29, 1.82) is 5.26 Å². The van der Waals surface area contributed by atoms with Gasteiger partial charge in [-0.1, -0.05) is 24.3 Å². The van der Waals surface area contributed by atoms with Gasteiger partial charge in [-0.05, 0) is 56.3 Å². The number of amides is 1. The molecule has 0 unspecified atom stereocenters. The van der Waals surface area contributed by atoms with E-state index in [-0.39, 0.29) is 18.1 Å². The first-order valence-electron chi connectivity index (χ1n) is 13.2. The molecular weight excluding hydrogens is 542 g/mol. The fourth-order valence-corrected chi connectivity index (χ4v) is 5.23. The highest BCUT2D eigenvalue weighted by Gasteiger charge is 2.46. The molecule has 9 nitrogen and oxygen atoms in total. The SMILES string of the molecule is C=C/C(C)=C(/COc1ccc(Nc2c(C#N)cnc3cc(OC(=O)N4CC5(CCOCC5)C4)ccc23)c(Cl)c1)N=C. The zero-order chi connectivity index (χ0) is 29.0. The molecule has 0 radical (unpaired) electrons. The molecule has 1 aromatic heterocycles. The van der Waals surface area contributed by atoms with E-state index < -0.39 is 0 Å². The lowest BCUT2D eigenvalue weighted by atomic mass is 9.74. The molecule has 2 fully saturated rings. The lowest BCUT2D eigenvalue weighted by molar-refractivity contribution is -0.0678. The van der Waals surface area contributed by atoms with Crippen molar-refractivity contribution >= 4 is 46.7 Å². The van der Waals surface area contributed by atoms with Crippen molar-refractivity contribution in [3.05, 3.63) is 77.1 Å². The van der Waals surface area contributed by atoms with Crippen LogP contribution in [0.3, 0.4) is 0 Å². The second-order valence-electron chi connectivity index (χ2n) is 10.2. The fraction of sp³-hybridized carbons (Fsp3) is 0.290. The van der Waals surface area contributed by atoms with Gasteiger partial charge in [-0.2, -0.15) is 5.26 Å². The van der Waals surface area contributed by atoms with E-state index in [9.17, 15) is 10.1 Å². The summed E-state index contributed by atoms with van der Waals surface area (Å²) in [5.41, 5.74) is 3.74. The van der Waals surface area contributed by atoms with Crippen molar-refractivity contribution in [2.75, 3.05) is 38.2 Å². The predicted molar refractivity (Wildman–Crippen MR) is 159 cm³/mol. The quantitative estimate of drug-likeness (QED) is 0.238. The van der Waals surface area contributed by atoms with Gasteiger partial charge in [-0.15, -0.1) is 0 Å². The molecule has 0 aliphatic carbocycles. The molecule has 210 valence electrons. The highest BCUT2D eigenvalue weighted by Crippen LogP contribution is 2.40. The first kappa shape index (κ1) is 28.1. The molecule has 0 saturated carbocycles. The number of carbonyl (C=O) groups excluding carboxylic acids is 1. The van der Waals surface area contributed by atoms with Crippen LogP contribution in [0.2, 0.25) is 5.02 Å². The van der Waals surface area contributed by atoms with Crippen LogP contribution in [0.4, 0.5) is 16.2 Å². The first-order chi connectivity index (χ1) is 19.8. The van der Waals surface area contributed by atoms with Crippen LogP contribution in [0.15, 0.2) is 71.5 Å².